The first-order chi connectivity index (χ1) is 12.4. The molecule has 0 bridgehead atoms. The summed E-state index contributed by atoms with van der Waals surface area (Å²) in [7, 11) is 0. The molecule has 0 spiro atoms. The van der Waals surface area contributed by atoms with E-state index in [4.69, 9.17) is 5.21 Å². The molecule has 2 rings (SSSR count). The number of amides is 1. The van der Waals surface area contributed by atoms with Crippen LogP contribution in [0, 0.1) is 20.2 Å². The number of benzene rings is 2. The molecule has 2 aromatic carbocycles. The maximum atomic E-state index is 11.5. The standard InChI is InChI=1S/C15H14N4O6S/c20-15(16-21)10-17(9-11-4-2-1-3-5-11)26-14-7-6-12(18(22)23)8-13(14)19(24)25/h1-8,21H,9-10H2,(H,16,20). The van der Waals surface area contributed by atoms with Crippen molar-refractivity contribution in [1.82, 2.24) is 9.79 Å². The SMILES string of the molecule is O=C(CN(Cc1ccccc1)Sc1ccc([N+](=O)[O-])cc1[N+](=O)[O-])NO. The van der Waals surface area contributed by atoms with E-state index in [0.717, 1.165) is 29.6 Å². The van der Waals surface area contributed by atoms with Gasteiger partial charge in [0.25, 0.3) is 17.3 Å². The average Bonchev–Trinajstić information content (AvgIpc) is 2.62. The Kier molecular flexibility index (Phi) is 6.60. The lowest BCUT2D eigenvalue weighted by Gasteiger charge is -2.20. The smallest absolute Gasteiger partial charge is 0.289 e. The molecule has 0 radical (unpaired) electrons. The molecule has 0 aliphatic rings. The van der Waals surface area contributed by atoms with Crippen LogP contribution >= 0.6 is 11.9 Å². The van der Waals surface area contributed by atoms with Crippen molar-refractivity contribution in [2.75, 3.05) is 6.54 Å². The highest BCUT2D eigenvalue weighted by molar-refractivity contribution is 7.97. The van der Waals surface area contributed by atoms with Crippen LogP contribution in [0.5, 0.6) is 0 Å². The number of carbonyl (C=O) groups excluding carboxylic acids is 1. The monoisotopic (exact) mass is 378 g/mol. The average molecular weight is 378 g/mol. The second-order valence-electron chi connectivity index (χ2n) is 5.08. The van der Waals surface area contributed by atoms with E-state index < -0.39 is 27.1 Å². The lowest BCUT2D eigenvalue weighted by Crippen LogP contribution is -2.31. The van der Waals surface area contributed by atoms with Crippen molar-refractivity contribution in [1.29, 1.82) is 0 Å². The Morgan fingerprint density at radius 1 is 1.12 bits per heavy atom. The van der Waals surface area contributed by atoms with Crippen LogP contribution < -0.4 is 5.48 Å². The number of non-ortho nitro benzene ring substituents is 1. The van der Waals surface area contributed by atoms with Gasteiger partial charge in [-0.15, -0.1) is 0 Å². The Bertz CT molecular complexity index is 817. The summed E-state index contributed by atoms with van der Waals surface area (Å²) in [6.45, 7) is 0.0112. The van der Waals surface area contributed by atoms with Crippen molar-refractivity contribution >= 4 is 29.2 Å². The van der Waals surface area contributed by atoms with Gasteiger partial charge in [-0.05, 0) is 23.6 Å². The van der Waals surface area contributed by atoms with E-state index in [-0.39, 0.29) is 18.0 Å². The molecule has 2 aromatic rings. The van der Waals surface area contributed by atoms with E-state index in [0.29, 0.717) is 0 Å². The van der Waals surface area contributed by atoms with Crippen LogP contribution in [0.15, 0.2) is 53.4 Å². The van der Waals surface area contributed by atoms with Crippen LogP contribution in [0.2, 0.25) is 0 Å². The molecule has 0 atom stereocenters. The normalized spacial score (nSPS) is 10.5. The van der Waals surface area contributed by atoms with Crippen molar-refractivity contribution in [2.45, 2.75) is 11.4 Å². The second-order valence-corrected chi connectivity index (χ2v) is 6.21. The molecule has 0 saturated heterocycles. The van der Waals surface area contributed by atoms with Gasteiger partial charge in [0.2, 0.25) is 0 Å². The van der Waals surface area contributed by atoms with E-state index in [1.165, 1.54) is 15.9 Å². The van der Waals surface area contributed by atoms with Gasteiger partial charge in [0.05, 0.1) is 22.5 Å². The van der Waals surface area contributed by atoms with Gasteiger partial charge < -0.3 is 0 Å². The number of rotatable bonds is 8. The number of nitrogens with one attached hydrogen (secondary N) is 1. The summed E-state index contributed by atoms with van der Waals surface area (Å²) in [5, 5.41) is 30.8. The van der Waals surface area contributed by atoms with Crippen LogP contribution in [-0.4, -0.2) is 31.8 Å². The molecule has 0 aliphatic carbocycles. The summed E-state index contributed by atoms with van der Waals surface area (Å²) < 4.78 is 1.50. The highest BCUT2D eigenvalue weighted by Gasteiger charge is 2.23. The maximum absolute atomic E-state index is 11.5. The van der Waals surface area contributed by atoms with E-state index in [9.17, 15) is 25.0 Å². The maximum Gasteiger partial charge on any atom is 0.291 e. The Morgan fingerprint density at radius 2 is 1.81 bits per heavy atom. The number of hydrogen-bond donors (Lipinski definition) is 2. The molecule has 0 aliphatic heterocycles. The molecular weight excluding hydrogens is 364 g/mol. The van der Waals surface area contributed by atoms with Gasteiger partial charge in [-0.3, -0.25) is 30.2 Å². The summed E-state index contributed by atoms with van der Waals surface area (Å²) in [6, 6.07) is 12.3. The molecule has 0 aromatic heterocycles. The number of nitrogens with zero attached hydrogens (tertiary/aromatic N) is 3. The van der Waals surface area contributed by atoms with Crippen molar-refractivity contribution in [2.24, 2.45) is 0 Å². The Balaban J connectivity index is 2.30. The third kappa shape index (κ3) is 5.24. The zero-order chi connectivity index (χ0) is 19.1. The predicted molar refractivity (Wildman–Crippen MR) is 92.4 cm³/mol. The molecule has 0 fully saturated rings. The molecule has 136 valence electrons. The van der Waals surface area contributed by atoms with Crippen molar-refractivity contribution in [3.05, 3.63) is 74.3 Å². The van der Waals surface area contributed by atoms with E-state index >= 15 is 0 Å². The minimum Gasteiger partial charge on any atom is -0.289 e. The summed E-state index contributed by atoms with van der Waals surface area (Å²) in [5.41, 5.74) is 1.52. The van der Waals surface area contributed by atoms with Crippen LogP contribution in [0.4, 0.5) is 11.4 Å². The second kappa shape index (κ2) is 8.89. The third-order valence-corrected chi connectivity index (χ3v) is 4.28. The lowest BCUT2D eigenvalue weighted by molar-refractivity contribution is -0.396. The van der Waals surface area contributed by atoms with Crippen molar-refractivity contribution in [3.63, 3.8) is 0 Å². The van der Waals surface area contributed by atoms with E-state index in [1.54, 1.807) is 12.1 Å². The Hall–Kier alpha value is -3.02. The quantitative estimate of drug-likeness (QED) is 0.309. The molecule has 0 saturated carbocycles. The first kappa shape index (κ1) is 19.3. The summed E-state index contributed by atoms with van der Waals surface area (Å²) in [5.74, 6) is -0.696. The number of hydroxylamine groups is 1. The number of nitro groups is 2. The number of hydrogen-bond acceptors (Lipinski definition) is 8. The predicted octanol–water partition coefficient (Wildman–Crippen LogP) is 2.52. The Labute approximate surface area is 151 Å². The summed E-state index contributed by atoms with van der Waals surface area (Å²) in [6.07, 6.45) is 0. The van der Waals surface area contributed by atoms with Crippen LogP contribution in [0.3, 0.4) is 0 Å². The summed E-state index contributed by atoms with van der Waals surface area (Å²) >= 11 is 0.900. The fourth-order valence-corrected chi connectivity index (χ4v) is 3.11. The fraction of sp³-hybridized carbons (Fsp3) is 0.133. The van der Waals surface area contributed by atoms with Gasteiger partial charge in [-0.2, -0.15) is 0 Å². The number of carbonyl (C=O) groups is 1. The van der Waals surface area contributed by atoms with Gasteiger partial charge in [-0.25, -0.2) is 9.79 Å². The van der Waals surface area contributed by atoms with Gasteiger partial charge in [0, 0.05) is 12.6 Å². The van der Waals surface area contributed by atoms with E-state index in [1.807, 2.05) is 18.2 Å². The van der Waals surface area contributed by atoms with Gasteiger partial charge in [0.15, 0.2) is 0 Å². The summed E-state index contributed by atoms with van der Waals surface area (Å²) in [4.78, 5) is 32.3. The molecular formula is C15H14N4O6S. The largest absolute Gasteiger partial charge is 0.291 e. The highest BCUT2D eigenvalue weighted by Crippen LogP contribution is 2.35. The van der Waals surface area contributed by atoms with Crippen molar-refractivity contribution in [3.8, 4) is 0 Å². The molecule has 2 N–H and O–H groups in total. The lowest BCUT2D eigenvalue weighted by atomic mass is 10.2. The van der Waals surface area contributed by atoms with Gasteiger partial charge in [0.1, 0.15) is 4.90 Å². The minimum atomic E-state index is -0.720. The Morgan fingerprint density at radius 3 is 2.38 bits per heavy atom. The molecule has 1 amide bonds. The van der Waals surface area contributed by atoms with E-state index in [2.05, 4.69) is 0 Å². The molecule has 11 heteroatoms. The van der Waals surface area contributed by atoms with Crippen LogP contribution in [0.1, 0.15) is 5.56 Å². The fourth-order valence-electron chi connectivity index (χ4n) is 2.08. The highest BCUT2D eigenvalue weighted by atomic mass is 32.2. The first-order valence-electron chi connectivity index (χ1n) is 7.23. The first-order valence-corrected chi connectivity index (χ1v) is 8.00. The van der Waals surface area contributed by atoms with Gasteiger partial charge >= 0.3 is 0 Å². The van der Waals surface area contributed by atoms with Crippen LogP contribution in [0.25, 0.3) is 0 Å². The molecule has 26 heavy (non-hydrogen) atoms. The zero-order valence-electron chi connectivity index (χ0n) is 13.3. The third-order valence-electron chi connectivity index (χ3n) is 3.22. The van der Waals surface area contributed by atoms with Gasteiger partial charge in [-0.1, -0.05) is 30.3 Å². The van der Waals surface area contributed by atoms with Crippen LogP contribution in [-0.2, 0) is 11.3 Å². The van der Waals surface area contributed by atoms with Crippen molar-refractivity contribution < 1.29 is 19.8 Å². The molecule has 0 unspecified atom stereocenters. The molecule has 0 heterocycles. The minimum absolute atomic E-state index is 0.141. The zero-order valence-corrected chi connectivity index (χ0v) is 14.1. The molecule has 10 nitrogen and oxygen atoms in total. The topological polar surface area (TPSA) is 139 Å². The number of nitro benzene ring substituents is 2.